The van der Waals surface area contributed by atoms with Gasteiger partial charge in [0.15, 0.2) is 0 Å². The molecule has 6 nitrogen and oxygen atoms in total. The van der Waals surface area contributed by atoms with E-state index in [4.69, 9.17) is 5.73 Å². The Morgan fingerprint density at radius 1 is 1.38 bits per heavy atom. The van der Waals surface area contributed by atoms with Gasteiger partial charge < -0.3 is 5.73 Å². The van der Waals surface area contributed by atoms with Crippen LogP contribution in [0.1, 0.15) is 5.69 Å². The van der Waals surface area contributed by atoms with Crippen molar-refractivity contribution in [3.05, 3.63) is 40.6 Å². The molecule has 0 aliphatic rings. The van der Waals surface area contributed by atoms with Gasteiger partial charge in [-0.15, -0.1) is 0 Å². The van der Waals surface area contributed by atoms with E-state index in [1.165, 1.54) is 10.7 Å². The minimum absolute atomic E-state index is 0.106. The van der Waals surface area contributed by atoms with Crippen molar-refractivity contribution >= 4 is 5.69 Å². The summed E-state index contributed by atoms with van der Waals surface area (Å²) in [5, 5.41) is 8.16. The van der Waals surface area contributed by atoms with E-state index in [1.54, 1.807) is 23.1 Å². The van der Waals surface area contributed by atoms with Crippen LogP contribution >= 0.6 is 0 Å². The van der Waals surface area contributed by atoms with Gasteiger partial charge in [0.05, 0.1) is 30.7 Å². The molecule has 16 heavy (non-hydrogen) atoms. The van der Waals surface area contributed by atoms with Crippen molar-refractivity contribution in [1.82, 2.24) is 19.6 Å². The molecule has 2 heterocycles. The van der Waals surface area contributed by atoms with E-state index in [0.29, 0.717) is 18.8 Å². The molecule has 0 atom stereocenters. The Kier molecular flexibility index (Phi) is 2.72. The molecule has 2 aromatic heterocycles. The fourth-order valence-electron chi connectivity index (χ4n) is 1.41. The fraction of sp³-hybridized carbons (Fsp3) is 0.300. The molecule has 0 amide bonds. The molecule has 0 bridgehead atoms. The highest BCUT2D eigenvalue weighted by atomic mass is 16.1. The first kappa shape index (κ1) is 10.4. The number of nitrogens with zero attached hydrogens (tertiary/aromatic N) is 4. The summed E-state index contributed by atoms with van der Waals surface area (Å²) in [7, 11) is 0. The average molecular weight is 219 g/mol. The summed E-state index contributed by atoms with van der Waals surface area (Å²) in [4.78, 5) is 11.4. The van der Waals surface area contributed by atoms with E-state index >= 15 is 0 Å². The lowest BCUT2D eigenvalue weighted by atomic mass is 10.4. The number of nitrogen functional groups attached to an aromatic ring is 1. The molecule has 84 valence electrons. The Balaban J connectivity index is 2.10. The topological polar surface area (TPSA) is 78.7 Å². The first-order chi connectivity index (χ1) is 7.65. The van der Waals surface area contributed by atoms with Crippen LogP contribution in [0.25, 0.3) is 0 Å². The van der Waals surface area contributed by atoms with E-state index in [-0.39, 0.29) is 5.56 Å². The minimum atomic E-state index is -0.106. The zero-order chi connectivity index (χ0) is 11.5. The average Bonchev–Trinajstić information content (AvgIpc) is 2.66. The number of anilines is 1. The molecule has 0 aromatic carbocycles. The highest BCUT2D eigenvalue weighted by molar-refractivity contribution is 5.30. The molecule has 2 N–H and O–H groups in total. The van der Waals surface area contributed by atoms with Crippen molar-refractivity contribution in [3.8, 4) is 0 Å². The van der Waals surface area contributed by atoms with Gasteiger partial charge in [0.25, 0.3) is 5.56 Å². The standard InChI is InChI=1S/C10H13N5O/c1-8-2-3-10(16)15(13-8)5-4-14-7-9(11)6-12-14/h2-3,6-7H,4-5,11H2,1H3. The van der Waals surface area contributed by atoms with Gasteiger partial charge >= 0.3 is 0 Å². The Hall–Kier alpha value is -2.11. The summed E-state index contributed by atoms with van der Waals surface area (Å²) >= 11 is 0. The van der Waals surface area contributed by atoms with Gasteiger partial charge in [0.1, 0.15) is 0 Å². The molecule has 0 saturated heterocycles. The lowest BCUT2D eigenvalue weighted by molar-refractivity contribution is 0.479. The third-order valence-corrected chi connectivity index (χ3v) is 2.19. The maximum atomic E-state index is 11.4. The first-order valence-corrected chi connectivity index (χ1v) is 4.98. The van der Waals surface area contributed by atoms with Gasteiger partial charge in [-0.1, -0.05) is 0 Å². The summed E-state index contributed by atoms with van der Waals surface area (Å²) in [6.07, 6.45) is 3.30. The fourth-order valence-corrected chi connectivity index (χ4v) is 1.41. The molecule has 0 saturated carbocycles. The smallest absolute Gasteiger partial charge is 0.266 e. The number of nitrogens with two attached hydrogens (primary N) is 1. The zero-order valence-corrected chi connectivity index (χ0v) is 9.00. The summed E-state index contributed by atoms with van der Waals surface area (Å²) in [6, 6.07) is 3.21. The molecular formula is C10H13N5O. The third-order valence-electron chi connectivity index (χ3n) is 2.19. The van der Waals surface area contributed by atoms with Gasteiger partial charge in [-0.05, 0) is 13.0 Å². The molecule has 0 radical (unpaired) electrons. The number of hydrogen-bond donors (Lipinski definition) is 1. The highest BCUT2D eigenvalue weighted by Crippen LogP contribution is 1.97. The molecule has 0 fully saturated rings. The van der Waals surface area contributed by atoms with E-state index in [1.807, 2.05) is 6.92 Å². The SMILES string of the molecule is Cc1ccc(=O)n(CCn2cc(N)cn2)n1. The van der Waals surface area contributed by atoms with E-state index < -0.39 is 0 Å². The quantitative estimate of drug-likeness (QED) is 0.790. The minimum Gasteiger partial charge on any atom is -0.396 e. The Labute approximate surface area is 92.3 Å². The third kappa shape index (κ3) is 2.28. The van der Waals surface area contributed by atoms with Crippen LogP contribution in [0.5, 0.6) is 0 Å². The van der Waals surface area contributed by atoms with Crippen molar-refractivity contribution < 1.29 is 0 Å². The van der Waals surface area contributed by atoms with E-state index in [2.05, 4.69) is 10.2 Å². The second-order valence-electron chi connectivity index (χ2n) is 3.57. The normalized spacial score (nSPS) is 10.6. The van der Waals surface area contributed by atoms with E-state index in [0.717, 1.165) is 5.69 Å². The summed E-state index contributed by atoms with van der Waals surface area (Å²) in [5.74, 6) is 0. The van der Waals surface area contributed by atoms with Crippen LogP contribution in [-0.2, 0) is 13.1 Å². The maximum Gasteiger partial charge on any atom is 0.266 e. The molecule has 0 unspecified atom stereocenters. The number of rotatable bonds is 3. The highest BCUT2D eigenvalue weighted by Gasteiger charge is 1.99. The van der Waals surface area contributed by atoms with Gasteiger partial charge in [-0.2, -0.15) is 10.2 Å². The van der Waals surface area contributed by atoms with Crippen LogP contribution < -0.4 is 11.3 Å². The van der Waals surface area contributed by atoms with Crippen LogP contribution in [0.2, 0.25) is 0 Å². The van der Waals surface area contributed by atoms with Crippen LogP contribution in [0.4, 0.5) is 5.69 Å². The Morgan fingerprint density at radius 2 is 2.19 bits per heavy atom. The largest absolute Gasteiger partial charge is 0.396 e. The van der Waals surface area contributed by atoms with Crippen molar-refractivity contribution in [2.45, 2.75) is 20.0 Å². The van der Waals surface area contributed by atoms with Gasteiger partial charge in [0.2, 0.25) is 0 Å². The molecule has 6 heteroatoms. The van der Waals surface area contributed by atoms with Crippen molar-refractivity contribution in [2.75, 3.05) is 5.73 Å². The Bertz CT molecular complexity index is 542. The van der Waals surface area contributed by atoms with Crippen LogP contribution in [0.15, 0.2) is 29.3 Å². The lowest BCUT2D eigenvalue weighted by Gasteiger charge is -2.04. The molecule has 0 spiro atoms. The molecular weight excluding hydrogens is 206 g/mol. The monoisotopic (exact) mass is 219 g/mol. The van der Waals surface area contributed by atoms with Crippen LogP contribution in [0, 0.1) is 6.92 Å². The van der Waals surface area contributed by atoms with Crippen molar-refractivity contribution in [2.24, 2.45) is 0 Å². The summed E-state index contributed by atoms with van der Waals surface area (Å²) in [6.45, 7) is 2.91. The van der Waals surface area contributed by atoms with Gasteiger partial charge in [-0.3, -0.25) is 9.48 Å². The first-order valence-electron chi connectivity index (χ1n) is 4.98. The van der Waals surface area contributed by atoms with E-state index in [9.17, 15) is 4.79 Å². The number of hydrogen-bond acceptors (Lipinski definition) is 4. The maximum absolute atomic E-state index is 11.4. The zero-order valence-electron chi connectivity index (χ0n) is 9.00. The predicted octanol–water partition coefficient (Wildman–Crippen LogP) is 0.0306. The predicted molar refractivity (Wildman–Crippen MR) is 59.9 cm³/mol. The number of aromatic nitrogens is 4. The summed E-state index contributed by atoms with van der Waals surface area (Å²) < 4.78 is 3.11. The van der Waals surface area contributed by atoms with Gasteiger partial charge in [0, 0.05) is 12.3 Å². The summed E-state index contributed by atoms with van der Waals surface area (Å²) in [5.41, 5.74) is 6.86. The van der Waals surface area contributed by atoms with Crippen molar-refractivity contribution in [3.63, 3.8) is 0 Å². The molecule has 2 rings (SSSR count). The van der Waals surface area contributed by atoms with Crippen molar-refractivity contribution in [1.29, 1.82) is 0 Å². The molecule has 0 aliphatic carbocycles. The second kappa shape index (κ2) is 4.18. The second-order valence-corrected chi connectivity index (χ2v) is 3.57. The number of aryl methyl sites for hydroxylation is 3. The molecule has 2 aromatic rings. The van der Waals surface area contributed by atoms with Crippen LogP contribution in [0.3, 0.4) is 0 Å². The van der Waals surface area contributed by atoms with Gasteiger partial charge in [-0.25, -0.2) is 4.68 Å². The molecule has 0 aliphatic heterocycles. The van der Waals surface area contributed by atoms with Crippen LogP contribution in [-0.4, -0.2) is 19.6 Å². The Morgan fingerprint density at radius 3 is 2.88 bits per heavy atom. The lowest BCUT2D eigenvalue weighted by Crippen LogP contribution is -2.24.